The number of amides is 1. The maximum atomic E-state index is 12.8. The number of aromatic nitrogens is 4. The molecule has 4 rings (SSSR count). The molecule has 0 spiro atoms. The molecule has 2 atom stereocenters. The van der Waals surface area contributed by atoms with Crippen molar-refractivity contribution in [2.75, 3.05) is 13.1 Å². The Morgan fingerprint density at radius 1 is 1.22 bits per heavy atom. The molecule has 8 nitrogen and oxygen atoms in total. The van der Waals surface area contributed by atoms with Gasteiger partial charge in [0.1, 0.15) is 5.69 Å². The predicted molar refractivity (Wildman–Crippen MR) is 97.5 cm³/mol. The van der Waals surface area contributed by atoms with E-state index in [1.165, 1.54) is 10.7 Å². The van der Waals surface area contributed by atoms with Crippen LogP contribution in [0.2, 0.25) is 0 Å². The highest BCUT2D eigenvalue weighted by Crippen LogP contribution is 2.22. The SMILES string of the molecule is O=C(c1cc(=O)n(-c2ccccc2)[nH]1)N1C[C@@H](Cc2cnccn2)[C@H](O)C1. The van der Waals surface area contributed by atoms with Crippen molar-refractivity contribution in [2.24, 2.45) is 5.92 Å². The predicted octanol–water partition coefficient (Wildman–Crippen LogP) is 0.631. The number of benzene rings is 1. The first-order valence-electron chi connectivity index (χ1n) is 8.71. The first kappa shape index (κ1) is 17.2. The molecule has 0 radical (unpaired) electrons. The van der Waals surface area contributed by atoms with E-state index in [9.17, 15) is 14.7 Å². The van der Waals surface area contributed by atoms with Gasteiger partial charge in [0.15, 0.2) is 0 Å². The van der Waals surface area contributed by atoms with Crippen LogP contribution in [0.3, 0.4) is 0 Å². The summed E-state index contributed by atoms with van der Waals surface area (Å²) in [5, 5.41) is 13.2. The molecule has 0 unspecified atom stereocenters. The minimum atomic E-state index is -0.640. The second kappa shape index (κ2) is 7.16. The van der Waals surface area contributed by atoms with E-state index >= 15 is 0 Å². The molecule has 0 saturated carbocycles. The number of hydrogen-bond donors (Lipinski definition) is 2. The first-order valence-corrected chi connectivity index (χ1v) is 8.71. The topological polar surface area (TPSA) is 104 Å². The van der Waals surface area contributed by atoms with Gasteiger partial charge in [-0.25, -0.2) is 4.68 Å². The third-order valence-corrected chi connectivity index (χ3v) is 4.75. The van der Waals surface area contributed by atoms with Gasteiger partial charge in [-0.3, -0.25) is 24.7 Å². The molecular weight excluding hydrogens is 346 g/mol. The summed E-state index contributed by atoms with van der Waals surface area (Å²) < 4.78 is 1.33. The lowest BCUT2D eigenvalue weighted by Gasteiger charge is -2.15. The number of aliphatic hydroxyl groups is 1. The van der Waals surface area contributed by atoms with E-state index in [2.05, 4.69) is 15.1 Å². The highest BCUT2D eigenvalue weighted by atomic mass is 16.3. The quantitative estimate of drug-likeness (QED) is 0.706. The molecular formula is C19H19N5O3. The number of H-pyrrole nitrogens is 1. The molecule has 1 saturated heterocycles. The third kappa shape index (κ3) is 3.52. The molecule has 1 amide bonds. The number of aliphatic hydroxyl groups excluding tert-OH is 1. The zero-order chi connectivity index (χ0) is 18.8. The Hall–Kier alpha value is -3.26. The van der Waals surface area contributed by atoms with Crippen LogP contribution in [0.5, 0.6) is 0 Å². The monoisotopic (exact) mass is 365 g/mol. The van der Waals surface area contributed by atoms with Gasteiger partial charge in [-0.15, -0.1) is 0 Å². The molecule has 0 bridgehead atoms. The lowest BCUT2D eigenvalue weighted by atomic mass is 10.0. The number of rotatable bonds is 4. The summed E-state index contributed by atoms with van der Waals surface area (Å²) in [7, 11) is 0. The normalized spacial score (nSPS) is 19.4. The highest BCUT2D eigenvalue weighted by Gasteiger charge is 2.35. The number of carbonyl (C=O) groups excluding carboxylic acids is 1. The van der Waals surface area contributed by atoms with Crippen molar-refractivity contribution in [1.29, 1.82) is 0 Å². The molecule has 138 valence electrons. The van der Waals surface area contributed by atoms with E-state index in [0.29, 0.717) is 18.7 Å². The van der Waals surface area contributed by atoms with E-state index < -0.39 is 6.10 Å². The Kier molecular flexibility index (Phi) is 4.55. The van der Waals surface area contributed by atoms with Crippen LogP contribution in [0.25, 0.3) is 5.69 Å². The third-order valence-electron chi connectivity index (χ3n) is 4.75. The molecule has 0 aliphatic carbocycles. The highest BCUT2D eigenvalue weighted by molar-refractivity contribution is 5.92. The lowest BCUT2D eigenvalue weighted by molar-refractivity contribution is 0.0758. The minimum Gasteiger partial charge on any atom is -0.391 e. The smallest absolute Gasteiger partial charge is 0.272 e. The molecule has 3 heterocycles. The van der Waals surface area contributed by atoms with Crippen molar-refractivity contribution in [3.8, 4) is 5.69 Å². The van der Waals surface area contributed by atoms with Gasteiger partial charge in [-0.2, -0.15) is 0 Å². The maximum absolute atomic E-state index is 12.8. The minimum absolute atomic E-state index is 0.117. The zero-order valence-corrected chi connectivity index (χ0v) is 14.5. The molecule has 27 heavy (non-hydrogen) atoms. The van der Waals surface area contributed by atoms with Crippen LogP contribution in [-0.2, 0) is 6.42 Å². The molecule has 2 N–H and O–H groups in total. The van der Waals surface area contributed by atoms with Gasteiger partial charge in [-0.1, -0.05) is 18.2 Å². The Morgan fingerprint density at radius 2 is 2.04 bits per heavy atom. The second-order valence-corrected chi connectivity index (χ2v) is 6.62. The zero-order valence-electron chi connectivity index (χ0n) is 14.5. The van der Waals surface area contributed by atoms with Crippen LogP contribution in [0, 0.1) is 5.92 Å². The van der Waals surface area contributed by atoms with Crippen LogP contribution in [0.1, 0.15) is 16.2 Å². The molecule has 8 heteroatoms. The van der Waals surface area contributed by atoms with Crippen LogP contribution < -0.4 is 5.56 Å². The van der Waals surface area contributed by atoms with Gasteiger partial charge in [0.05, 0.1) is 17.5 Å². The van der Waals surface area contributed by atoms with E-state index in [-0.39, 0.29) is 29.6 Å². The van der Waals surface area contributed by atoms with Crippen molar-refractivity contribution in [3.63, 3.8) is 0 Å². The average Bonchev–Trinajstić information content (AvgIpc) is 3.26. The van der Waals surface area contributed by atoms with E-state index in [1.54, 1.807) is 35.6 Å². The summed E-state index contributed by atoms with van der Waals surface area (Å²) in [4.78, 5) is 34.8. The second-order valence-electron chi connectivity index (χ2n) is 6.62. The Morgan fingerprint density at radius 3 is 2.78 bits per heavy atom. The number of hydrogen-bond acceptors (Lipinski definition) is 5. The van der Waals surface area contributed by atoms with Crippen molar-refractivity contribution < 1.29 is 9.90 Å². The van der Waals surface area contributed by atoms with Gasteiger partial charge >= 0.3 is 0 Å². The van der Waals surface area contributed by atoms with Crippen LogP contribution in [0.4, 0.5) is 0 Å². The van der Waals surface area contributed by atoms with Crippen LogP contribution in [-0.4, -0.2) is 54.9 Å². The average molecular weight is 365 g/mol. The molecule has 1 aromatic carbocycles. The molecule has 3 aromatic rings. The Labute approximate surface area is 155 Å². The fourth-order valence-corrected chi connectivity index (χ4v) is 3.37. The van der Waals surface area contributed by atoms with E-state index in [1.807, 2.05) is 18.2 Å². The largest absolute Gasteiger partial charge is 0.391 e. The maximum Gasteiger partial charge on any atom is 0.272 e. The van der Waals surface area contributed by atoms with Crippen molar-refractivity contribution in [1.82, 2.24) is 24.6 Å². The van der Waals surface area contributed by atoms with Gasteiger partial charge in [-0.05, 0) is 18.6 Å². The van der Waals surface area contributed by atoms with E-state index in [4.69, 9.17) is 0 Å². The number of nitrogens with one attached hydrogen (secondary N) is 1. The number of likely N-dealkylation sites (tertiary alicyclic amines) is 1. The lowest BCUT2D eigenvalue weighted by Crippen LogP contribution is -2.30. The van der Waals surface area contributed by atoms with Gasteiger partial charge < -0.3 is 10.0 Å². The summed E-state index contributed by atoms with van der Waals surface area (Å²) >= 11 is 0. The number of carbonyl (C=O) groups is 1. The molecule has 1 aliphatic rings. The fourth-order valence-electron chi connectivity index (χ4n) is 3.37. The standard InChI is InChI=1S/C19H19N5O3/c25-17-12-23(11-13(17)8-14-10-20-6-7-21-14)19(27)16-9-18(26)24(22-16)15-4-2-1-3-5-15/h1-7,9-10,13,17,22,25H,8,11-12H2/t13-,17-/m1/s1. The van der Waals surface area contributed by atoms with Gasteiger partial charge in [0, 0.05) is 43.7 Å². The number of aromatic amines is 1. The van der Waals surface area contributed by atoms with Crippen molar-refractivity contribution >= 4 is 5.91 Å². The Bertz CT molecular complexity index is 983. The number of nitrogens with zero attached hydrogens (tertiary/aromatic N) is 4. The number of β-amino-alcohol motifs (C(OH)–C–C–N with tert-alkyl or cyclic N) is 1. The Balaban J connectivity index is 1.50. The summed E-state index contributed by atoms with van der Waals surface area (Å²) in [6.45, 7) is 0.622. The van der Waals surface area contributed by atoms with E-state index in [0.717, 1.165) is 5.69 Å². The summed E-state index contributed by atoms with van der Waals surface area (Å²) in [5.41, 5.74) is 1.33. The van der Waals surface area contributed by atoms with Crippen molar-refractivity contribution in [3.05, 3.63) is 76.7 Å². The first-order chi connectivity index (χ1) is 13.1. The number of para-hydroxylation sites is 1. The summed E-state index contributed by atoms with van der Waals surface area (Å²) in [5.74, 6) is -0.420. The molecule has 1 fully saturated rings. The van der Waals surface area contributed by atoms with Crippen LogP contribution >= 0.6 is 0 Å². The fraction of sp³-hybridized carbons (Fsp3) is 0.263. The summed E-state index contributed by atoms with van der Waals surface area (Å²) in [6, 6.07) is 10.3. The van der Waals surface area contributed by atoms with Crippen LogP contribution in [0.15, 0.2) is 59.8 Å². The van der Waals surface area contributed by atoms with Crippen molar-refractivity contribution in [2.45, 2.75) is 12.5 Å². The van der Waals surface area contributed by atoms with Gasteiger partial charge in [0.2, 0.25) is 0 Å². The molecule has 2 aromatic heterocycles. The van der Waals surface area contributed by atoms with Gasteiger partial charge in [0.25, 0.3) is 11.5 Å². The molecule has 1 aliphatic heterocycles. The summed E-state index contributed by atoms with van der Waals surface area (Å²) in [6.07, 6.45) is 4.77.